The minimum absolute atomic E-state index is 0.272. The Bertz CT molecular complexity index is 657. The number of benzene rings is 2. The number of oxime groups is 1. The summed E-state index contributed by atoms with van der Waals surface area (Å²) in [5.41, 5.74) is 3.64. The molecule has 2 saturated carbocycles. The van der Waals surface area contributed by atoms with Crippen molar-refractivity contribution in [2.24, 2.45) is 17.0 Å². The van der Waals surface area contributed by atoms with E-state index in [1.165, 1.54) is 30.4 Å². The Morgan fingerprint density at radius 1 is 0.875 bits per heavy atom. The molecular formula is C21H24N2O. The van der Waals surface area contributed by atoms with E-state index >= 15 is 0 Å². The van der Waals surface area contributed by atoms with Crippen molar-refractivity contribution in [3.05, 3.63) is 71.8 Å². The van der Waals surface area contributed by atoms with Crippen LogP contribution in [-0.2, 0) is 13.1 Å². The van der Waals surface area contributed by atoms with E-state index in [4.69, 9.17) is 0 Å². The van der Waals surface area contributed by atoms with Crippen molar-refractivity contribution in [1.82, 2.24) is 4.90 Å². The van der Waals surface area contributed by atoms with Gasteiger partial charge in [-0.3, -0.25) is 4.90 Å². The van der Waals surface area contributed by atoms with Crippen molar-refractivity contribution in [2.75, 3.05) is 0 Å². The molecule has 2 fully saturated rings. The van der Waals surface area contributed by atoms with E-state index < -0.39 is 0 Å². The van der Waals surface area contributed by atoms with Crippen LogP contribution >= 0.6 is 0 Å². The third-order valence-corrected chi connectivity index (χ3v) is 5.61. The smallest absolute Gasteiger partial charge is 0.0775 e. The molecule has 3 unspecified atom stereocenters. The lowest BCUT2D eigenvalue weighted by atomic mass is 9.91. The van der Waals surface area contributed by atoms with Crippen LogP contribution in [-0.4, -0.2) is 21.9 Å². The Hall–Kier alpha value is -2.13. The topological polar surface area (TPSA) is 35.8 Å². The molecule has 0 spiro atoms. The fourth-order valence-electron chi connectivity index (χ4n) is 4.57. The zero-order chi connectivity index (χ0) is 16.4. The van der Waals surface area contributed by atoms with Gasteiger partial charge in [0, 0.05) is 19.0 Å². The zero-order valence-corrected chi connectivity index (χ0v) is 13.9. The van der Waals surface area contributed by atoms with Gasteiger partial charge < -0.3 is 5.21 Å². The molecule has 0 amide bonds. The maximum Gasteiger partial charge on any atom is 0.0775 e. The first-order valence-corrected chi connectivity index (χ1v) is 8.89. The van der Waals surface area contributed by atoms with Crippen LogP contribution in [0, 0.1) is 11.8 Å². The average molecular weight is 320 g/mol. The summed E-state index contributed by atoms with van der Waals surface area (Å²) in [4.78, 5) is 2.50. The molecule has 0 saturated heterocycles. The predicted octanol–water partition coefficient (Wildman–Crippen LogP) is 4.32. The molecule has 0 heterocycles. The monoisotopic (exact) mass is 320 g/mol. The first-order chi connectivity index (χ1) is 11.8. The van der Waals surface area contributed by atoms with Crippen molar-refractivity contribution in [3.8, 4) is 0 Å². The van der Waals surface area contributed by atoms with Crippen molar-refractivity contribution >= 4 is 5.71 Å². The Balaban J connectivity index is 1.62. The summed E-state index contributed by atoms with van der Waals surface area (Å²) in [6.45, 7) is 1.78. The van der Waals surface area contributed by atoms with Crippen molar-refractivity contribution in [1.29, 1.82) is 0 Å². The van der Waals surface area contributed by atoms with Gasteiger partial charge in [-0.25, -0.2) is 0 Å². The first kappa shape index (κ1) is 15.4. The van der Waals surface area contributed by atoms with Gasteiger partial charge >= 0.3 is 0 Å². The maximum atomic E-state index is 9.60. The van der Waals surface area contributed by atoms with Crippen molar-refractivity contribution in [2.45, 2.75) is 38.4 Å². The lowest BCUT2D eigenvalue weighted by Crippen LogP contribution is -2.44. The highest BCUT2D eigenvalue weighted by molar-refractivity contribution is 5.94. The van der Waals surface area contributed by atoms with Gasteiger partial charge in [0.25, 0.3) is 0 Å². The van der Waals surface area contributed by atoms with E-state index in [1.807, 2.05) is 0 Å². The molecule has 2 aromatic carbocycles. The van der Waals surface area contributed by atoms with Crippen LogP contribution in [0.4, 0.5) is 0 Å². The summed E-state index contributed by atoms with van der Waals surface area (Å²) in [7, 11) is 0. The van der Waals surface area contributed by atoms with Crippen molar-refractivity contribution < 1.29 is 5.21 Å². The molecule has 1 N–H and O–H groups in total. The average Bonchev–Trinajstić information content (AvgIpc) is 3.24. The number of hydrogen-bond donors (Lipinski definition) is 1. The maximum absolute atomic E-state index is 9.60. The Morgan fingerprint density at radius 3 is 2.00 bits per heavy atom. The molecule has 0 aliphatic heterocycles. The second-order valence-corrected chi connectivity index (χ2v) is 7.12. The number of hydrogen-bond acceptors (Lipinski definition) is 3. The lowest BCUT2D eigenvalue weighted by molar-refractivity contribution is 0.175. The molecule has 2 aromatic rings. The predicted molar refractivity (Wildman–Crippen MR) is 96.0 cm³/mol. The van der Waals surface area contributed by atoms with Crippen LogP contribution in [0.5, 0.6) is 0 Å². The van der Waals surface area contributed by atoms with Crippen molar-refractivity contribution in [3.63, 3.8) is 0 Å². The minimum Gasteiger partial charge on any atom is -0.411 e. The lowest BCUT2D eigenvalue weighted by Gasteiger charge is -2.35. The molecule has 2 aliphatic rings. The van der Waals surface area contributed by atoms with E-state index in [9.17, 15) is 5.21 Å². The van der Waals surface area contributed by atoms with Gasteiger partial charge in [-0.2, -0.15) is 0 Å². The Labute approximate surface area is 143 Å². The largest absolute Gasteiger partial charge is 0.411 e. The molecule has 3 heteroatoms. The highest BCUT2D eigenvalue weighted by Gasteiger charge is 2.47. The van der Waals surface area contributed by atoms with Gasteiger partial charge in [-0.1, -0.05) is 65.8 Å². The van der Waals surface area contributed by atoms with Crippen LogP contribution in [0.1, 0.15) is 30.4 Å². The standard InChI is InChI=1S/C21H24N2O/c24-22-20-18-11-12-19(13-18)21(20)23(14-16-7-3-1-4-8-16)15-17-9-5-2-6-10-17/h1-10,18-19,21,24H,11-15H2. The van der Waals surface area contributed by atoms with Crippen LogP contribution in [0.15, 0.2) is 65.8 Å². The van der Waals surface area contributed by atoms with E-state index in [0.29, 0.717) is 11.8 Å². The summed E-state index contributed by atoms with van der Waals surface area (Å²) in [6, 6.07) is 21.5. The SMILES string of the molecule is ON=C1C2CCC(C2)C1N(Cc1ccccc1)Cc1ccccc1. The minimum atomic E-state index is 0.272. The third kappa shape index (κ3) is 2.96. The van der Waals surface area contributed by atoms with E-state index in [-0.39, 0.29) is 6.04 Å². The summed E-state index contributed by atoms with van der Waals surface area (Å²) in [6.07, 6.45) is 3.63. The van der Waals surface area contributed by atoms with E-state index in [1.54, 1.807) is 0 Å². The molecule has 4 rings (SSSR count). The normalized spacial score (nSPS) is 27.2. The number of nitrogens with zero attached hydrogens (tertiary/aromatic N) is 2. The molecule has 24 heavy (non-hydrogen) atoms. The molecule has 0 aromatic heterocycles. The van der Waals surface area contributed by atoms with Gasteiger partial charge in [-0.05, 0) is 36.3 Å². The van der Waals surface area contributed by atoms with Crippen LogP contribution < -0.4 is 0 Å². The summed E-state index contributed by atoms with van der Waals surface area (Å²) < 4.78 is 0. The Kier molecular flexibility index (Phi) is 4.35. The fourth-order valence-corrected chi connectivity index (χ4v) is 4.57. The third-order valence-electron chi connectivity index (χ3n) is 5.61. The molecular weight excluding hydrogens is 296 g/mol. The zero-order valence-electron chi connectivity index (χ0n) is 13.9. The number of fused-ring (bicyclic) bond motifs is 2. The van der Waals surface area contributed by atoms with Crippen LogP contribution in [0.25, 0.3) is 0 Å². The molecule has 3 atom stereocenters. The summed E-state index contributed by atoms with van der Waals surface area (Å²) in [5, 5.41) is 13.3. The van der Waals surface area contributed by atoms with E-state index in [2.05, 4.69) is 70.7 Å². The van der Waals surface area contributed by atoms with Crippen LogP contribution in [0.3, 0.4) is 0 Å². The molecule has 0 radical (unpaired) electrons. The van der Waals surface area contributed by atoms with Crippen LogP contribution in [0.2, 0.25) is 0 Å². The number of rotatable bonds is 5. The van der Waals surface area contributed by atoms with Gasteiger partial charge in [0.15, 0.2) is 0 Å². The van der Waals surface area contributed by atoms with Gasteiger partial charge in [0.05, 0.1) is 11.8 Å². The molecule has 124 valence electrons. The second kappa shape index (κ2) is 6.78. The summed E-state index contributed by atoms with van der Waals surface area (Å²) in [5.74, 6) is 1.12. The van der Waals surface area contributed by atoms with E-state index in [0.717, 1.165) is 18.8 Å². The highest BCUT2D eigenvalue weighted by atomic mass is 16.4. The summed E-state index contributed by atoms with van der Waals surface area (Å²) >= 11 is 0. The highest BCUT2D eigenvalue weighted by Crippen LogP contribution is 2.45. The van der Waals surface area contributed by atoms with Gasteiger partial charge in [0.2, 0.25) is 0 Å². The molecule has 2 aliphatic carbocycles. The molecule has 3 nitrogen and oxygen atoms in total. The van der Waals surface area contributed by atoms with Gasteiger partial charge in [-0.15, -0.1) is 0 Å². The molecule has 2 bridgehead atoms. The second-order valence-electron chi connectivity index (χ2n) is 7.12. The Morgan fingerprint density at radius 2 is 1.46 bits per heavy atom. The van der Waals surface area contributed by atoms with Gasteiger partial charge in [0.1, 0.15) is 0 Å². The first-order valence-electron chi connectivity index (χ1n) is 8.89. The quantitative estimate of drug-likeness (QED) is 0.658. The fraction of sp³-hybridized carbons (Fsp3) is 0.381.